The van der Waals surface area contributed by atoms with Crippen molar-refractivity contribution in [3.8, 4) is 11.5 Å². The monoisotopic (exact) mass is 239 g/mol. The van der Waals surface area contributed by atoms with Gasteiger partial charge in [-0.3, -0.25) is 0 Å². The molecule has 2 aliphatic rings. The molecule has 0 saturated carbocycles. The average molecular weight is 239 g/mol. The number of hydrogen-bond donors (Lipinski definition) is 1. The van der Waals surface area contributed by atoms with Crippen molar-refractivity contribution in [2.45, 2.75) is 6.10 Å². The van der Waals surface area contributed by atoms with Crippen molar-refractivity contribution in [2.75, 3.05) is 32.9 Å². The fraction of sp³-hybridized carbons (Fsp3) is 0.500. The van der Waals surface area contributed by atoms with E-state index in [1.807, 2.05) is 0 Å². The van der Waals surface area contributed by atoms with E-state index >= 15 is 0 Å². The van der Waals surface area contributed by atoms with Crippen LogP contribution in [0, 0.1) is 5.82 Å². The van der Waals surface area contributed by atoms with E-state index in [9.17, 15) is 4.39 Å². The highest BCUT2D eigenvalue weighted by Gasteiger charge is 2.22. The Bertz CT molecular complexity index is 418. The van der Waals surface area contributed by atoms with Gasteiger partial charge in [0.25, 0.3) is 0 Å². The summed E-state index contributed by atoms with van der Waals surface area (Å²) in [6.07, 6.45) is -0.117. The molecule has 0 aromatic heterocycles. The first-order chi connectivity index (χ1) is 8.34. The molecule has 0 spiro atoms. The Morgan fingerprint density at radius 3 is 2.88 bits per heavy atom. The van der Waals surface area contributed by atoms with Gasteiger partial charge in [-0.15, -0.1) is 0 Å². The normalized spacial score (nSPS) is 23.5. The topological polar surface area (TPSA) is 39.7 Å². The Labute approximate surface area is 98.7 Å². The number of hydrogen-bond acceptors (Lipinski definition) is 4. The molecule has 17 heavy (non-hydrogen) atoms. The van der Waals surface area contributed by atoms with Crippen molar-refractivity contribution in [3.63, 3.8) is 0 Å². The molecule has 92 valence electrons. The number of rotatable bonds is 1. The van der Waals surface area contributed by atoms with Gasteiger partial charge >= 0.3 is 0 Å². The first-order valence-corrected chi connectivity index (χ1v) is 5.76. The second-order valence-corrected chi connectivity index (χ2v) is 4.09. The maximum absolute atomic E-state index is 13.8. The van der Waals surface area contributed by atoms with Crippen LogP contribution in [0.4, 0.5) is 4.39 Å². The number of halogens is 1. The molecule has 5 heteroatoms. The fourth-order valence-corrected chi connectivity index (χ4v) is 2.10. The minimum atomic E-state index is -0.383. The molecule has 2 aliphatic heterocycles. The van der Waals surface area contributed by atoms with Gasteiger partial charge in [0.2, 0.25) is 0 Å². The average Bonchev–Trinajstić information content (AvgIpc) is 2.40. The molecule has 2 heterocycles. The summed E-state index contributed by atoms with van der Waals surface area (Å²) >= 11 is 0. The lowest BCUT2D eigenvalue weighted by Gasteiger charge is -2.26. The van der Waals surface area contributed by atoms with Gasteiger partial charge in [-0.05, 0) is 17.7 Å². The summed E-state index contributed by atoms with van der Waals surface area (Å²) in [5.41, 5.74) is 0.791. The zero-order valence-electron chi connectivity index (χ0n) is 9.37. The van der Waals surface area contributed by atoms with E-state index in [0.29, 0.717) is 32.1 Å². The summed E-state index contributed by atoms with van der Waals surface area (Å²) in [6, 6.07) is 3.26. The van der Waals surface area contributed by atoms with Crippen LogP contribution in [0.5, 0.6) is 11.5 Å². The van der Waals surface area contributed by atoms with Gasteiger partial charge in [0.05, 0.1) is 12.7 Å². The summed E-state index contributed by atoms with van der Waals surface area (Å²) in [4.78, 5) is 0. The van der Waals surface area contributed by atoms with Crippen molar-refractivity contribution in [2.24, 2.45) is 0 Å². The minimum Gasteiger partial charge on any atom is -0.486 e. The molecule has 1 fully saturated rings. The van der Waals surface area contributed by atoms with Crippen LogP contribution < -0.4 is 14.8 Å². The number of morpholine rings is 1. The Morgan fingerprint density at radius 2 is 2.06 bits per heavy atom. The van der Waals surface area contributed by atoms with Crippen LogP contribution in [0.25, 0.3) is 0 Å². The standard InChI is InChI=1S/C12H14FNO3/c13-9-5-8(11-7-14-1-2-15-11)6-10-12(9)17-4-3-16-10/h5-6,11,14H,1-4,7H2. The third-order valence-corrected chi connectivity index (χ3v) is 2.92. The molecule has 1 aromatic rings. The fourth-order valence-electron chi connectivity index (χ4n) is 2.10. The number of benzene rings is 1. The van der Waals surface area contributed by atoms with Gasteiger partial charge in [0.15, 0.2) is 17.3 Å². The van der Waals surface area contributed by atoms with Crippen molar-refractivity contribution in [1.82, 2.24) is 5.32 Å². The Morgan fingerprint density at radius 1 is 1.18 bits per heavy atom. The van der Waals surface area contributed by atoms with E-state index < -0.39 is 0 Å². The second kappa shape index (κ2) is 4.50. The molecule has 0 amide bonds. The maximum atomic E-state index is 13.8. The van der Waals surface area contributed by atoms with E-state index in [1.165, 1.54) is 6.07 Å². The molecule has 1 saturated heterocycles. The van der Waals surface area contributed by atoms with Gasteiger partial charge in [-0.1, -0.05) is 0 Å². The molecular formula is C12H14FNO3. The van der Waals surface area contributed by atoms with Crippen LogP contribution in [-0.4, -0.2) is 32.9 Å². The molecular weight excluding hydrogens is 225 g/mol. The third-order valence-electron chi connectivity index (χ3n) is 2.92. The first kappa shape index (κ1) is 10.8. The highest BCUT2D eigenvalue weighted by Crippen LogP contribution is 2.36. The lowest BCUT2D eigenvalue weighted by Crippen LogP contribution is -2.33. The van der Waals surface area contributed by atoms with Gasteiger partial charge in [0, 0.05) is 13.1 Å². The largest absolute Gasteiger partial charge is 0.486 e. The maximum Gasteiger partial charge on any atom is 0.197 e. The summed E-state index contributed by atoms with van der Waals surface area (Å²) < 4.78 is 30.0. The molecule has 1 N–H and O–H groups in total. The molecule has 4 nitrogen and oxygen atoms in total. The van der Waals surface area contributed by atoms with E-state index in [0.717, 1.165) is 12.1 Å². The lowest BCUT2D eigenvalue weighted by molar-refractivity contribution is 0.0271. The summed E-state index contributed by atoms with van der Waals surface area (Å²) in [6.45, 7) is 3.02. The summed E-state index contributed by atoms with van der Waals surface area (Å²) in [5, 5.41) is 3.21. The van der Waals surface area contributed by atoms with E-state index in [4.69, 9.17) is 14.2 Å². The summed E-state index contributed by atoms with van der Waals surface area (Å²) in [7, 11) is 0. The van der Waals surface area contributed by atoms with E-state index in [-0.39, 0.29) is 17.7 Å². The van der Waals surface area contributed by atoms with Gasteiger partial charge in [0.1, 0.15) is 13.2 Å². The zero-order chi connectivity index (χ0) is 11.7. The van der Waals surface area contributed by atoms with Gasteiger partial charge in [-0.2, -0.15) is 0 Å². The van der Waals surface area contributed by atoms with Crippen molar-refractivity contribution >= 4 is 0 Å². The van der Waals surface area contributed by atoms with Crippen LogP contribution in [0.1, 0.15) is 11.7 Å². The van der Waals surface area contributed by atoms with E-state index in [1.54, 1.807) is 6.07 Å². The van der Waals surface area contributed by atoms with Crippen LogP contribution >= 0.6 is 0 Å². The Balaban J connectivity index is 1.92. The molecule has 3 rings (SSSR count). The van der Waals surface area contributed by atoms with Crippen LogP contribution in [0.15, 0.2) is 12.1 Å². The number of fused-ring (bicyclic) bond motifs is 1. The predicted molar refractivity (Wildman–Crippen MR) is 59.0 cm³/mol. The van der Waals surface area contributed by atoms with Crippen molar-refractivity contribution < 1.29 is 18.6 Å². The molecule has 0 radical (unpaired) electrons. The highest BCUT2D eigenvalue weighted by molar-refractivity contribution is 5.45. The summed E-state index contributed by atoms with van der Waals surface area (Å²) in [5.74, 6) is 0.301. The van der Waals surface area contributed by atoms with Gasteiger partial charge in [-0.25, -0.2) is 4.39 Å². The zero-order valence-corrected chi connectivity index (χ0v) is 9.37. The number of ether oxygens (including phenoxy) is 3. The smallest absolute Gasteiger partial charge is 0.197 e. The predicted octanol–water partition coefficient (Wildman–Crippen LogP) is 1.26. The van der Waals surface area contributed by atoms with Crippen LogP contribution in [-0.2, 0) is 4.74 Å². The molecule has 0 aliphatic carbocycles. The second-order valence-electron chi connectivity index (χ2n) is 4.09. The molecule has 0 bridgehead atoms. The van der Waals surface area contributed by atoms with Crippen molar-refractivity contribution in [1.29, 1.82) is 0 Å². The highest BCUT2D eigenvalue weighted by atomic mass is 19.1. The lowest BCUT2D eigenvalue weighted by atomic mass is 10.1. The SMILES string of the molecule is Fc1cc(C2CNCCO2)cc2c1OCCO2. The van der Waals surface area contributed by atoms with Gasteiger partial charge < -0.3 is 19.5 Å². The molecule has 1 atom stereocenters. The Hall–Kier alpha value is -1.33. The van der Waals surface area contributed by atoms with Crippen molar-refractivity contribution in [3.05, 3.63) is 23.5 Å². The third kappa shape index (κ3) is 2.08. The van der Waals surface area contributed by atoms with E-state index in [2.05, 4.69) is 5.32 Å². The molecule has 1 unspecified atom stereocenters. The van der Waals surface area contributed by atoms with Crippen LogP contribution in [0.3, 0.4) is 0 Å². The first-order valence-electron chi connectivity index (χ1n) is 5.76. The Kier molecular flexibility index (Phi) is 2.86. The minimum absolute atomic E-state index is 0.117. The number of nitrogens with one attached hydrogen (secondary N) is 1. The van der Waals surface area contributed by atoms with Crippen LogP contribution in [0.2, 0.25) is 0 Å². The quantitative estimate of drug-likeness (QED) is 0.801. The molecule has 1 aromatic carbocycles.